The molecule has 0 fully saturated rings. The van der Waals surface area contributed by atoms with E-state index in [1.54, 1.807) is 11.1 Å². The Morgan fingerprint density at radius 3 is 2.88 bits per heavy atom. The number of aryl methyl sites for hydroxylation is 2. The highest BCUT2D eigenvalue weighted by atomic mass is 14.3. The molecule has 3 rings (SSSR count). The Hall–Kier alpha value is -1.30. The van der Waals surface area contributed by atoms with Gasteiger partial charge in [0.15, 0.2) is 0 Å². The Kier molecular flexibility index (Phi) is 2.24. The van der Waals surface area contributed by atoms with Crippen LogP contribution in [-0.2, 0) is 6.42 Å². The molecule has 1 unspecified atom stereocenters. The van der Waals surface area contributed by atoms with Crippen LogP contribution < -0.4 is 0 Å². The Morgan fingerprint density at radius 1 is 1.19 bits per heavy atom. The van der Waals surface area contributed by atoms with Gasteiger partial charge in [-0.2, -0.15) is 0 Å². The van der Waals surface area contributed by atoms with Crippen molar-refractivity contribution in [3.63, 3.8) is 0 Å². The molecule has 1 atom stereocenters. The van der Waals surface area contributed by atoms with E-state index in [-0.39, 0.29) is 0 Å². The van der Waals surface area contributed by atoms with Crippen LogP contribution in [0.4, 0.5) is 0 Å². The number of hydrogen-bond donors (Lipinski definition) is 0. The van der Waals surface area contributed by atoms with Crippen LogP contribution in [0.3, 0.4) is 0 Å². The van der Waals surface area contributed by atoms with Gasteiger partial charge in [-0.05, 0) is 54.0 Å². The fourth-order valence-electron chi connectivity index (χ4n) is 3.10. The Labute approximate surface area is 97.3 Å². The van der Waals surface area contributed by atoms with Crippen molar-refractivity contribution in [1.82, 2.24) is 0 Å². The van der Waals surface area contributed by atoms with Gasteiger partial charge >= 0.3 is 0 Å². The Bertz CT molecular complexity index is 537. The summed E-state index contributed by atoms with van der Waals surface area (Å²) < 4.78 is 0. The molecule has 0 radical (unpaired) electrons. The van der Waals surface area contributed by atoms with Gasteiger partial charge < -0.3 is 0 Å². The van der Waals surface area contributed by atoms with Gasteiger partial charge in [0, 0.05) is 0 Å². The molecule has 2 aromatic carbocycles. The summed E-state index contributed by atoms with van der Waals surface area (Å²) in [4.78, 5) is 0. The normalized spacial score (nSPS) is 19.0. The quantitative estimate of drug-likeness (QED) is 0.646. The Morgan fingerprint density at radius 2 is 2.06 bits per heavy atom. The van der Waals surface area contributed by atoms with Crippen molar-refractivity contribution in [1.29, 1.82) is 0 Å². The van der Waals surface area contributed by atoms with Gasteiger partial charge in [-0.15, -0.1) is 0 Å². The van der Waals surface area contributed by atoms with E-state index in [0.29, 0.717) is 0 Å². The summed E-state index contributed by atoms with van der Waals surface area (Å²) in [5.41, 5.74) is 4.58. The minimum atomic E-state index is 0.793. The molecule has 0 heterocycles. The van der Waals surface area contributed by atoms with E-state index in [9.17, 15) is 0 Å². The van der Waals surface area contributed by atoms with Crippen LogP contribution in [0.25, 0.3) is 10.8 Å². The molecular weight excluding hydrogens is 192 g/mol. The monoisotopic (exact) mass is 210 g/mol. The topological polar surface area (TPSA) is 0 Å². The van der Waals surface area contributed by atoms with Crippen LogP contribution in [0.15, 0.2) is 30.3 Å². The van der Waals surface area contributed by atoms with Crippen molar-refractivity contribution < 1.29 is 0 Å². The van der Waals surface area contributed by atoms with E-state index < -0.39 is 0 Å². The molecule has 0 saturated heterocycles. The number of rotatable bonds is 1. The third-order valence-corrected chi connectivity index (χ3v) is 3.97. The molecule has 0 heteroatoms. The molecule has 0 N–H and O–H groups in total. The molecule has 0 saturated carbocycles. The maximum Gasteiger partial charge on any atom is -0.0146 e. The molecule has 1 aliphatic carbocycles. The maximum atomic E-state index is 2.34. The van der Waals surface area contributed by atoms with Crippen molar-refractivity contribution in [2.45, 2.75) is 39.0 Å². The SMILES string of the molecule is CCC1CCc2ccc3cc(C)ccc3c21. The summed E-state index contributed by atoms with van der Waals surface area (Å²) in [6.45, 7) is 4.48. The molecule has 0 nitrogen and oxygen atoms in total. The van der Waals surface area contributed by atoms with E-state index in [4.69, 9.17) is 0 Å². The molecule has 2 aromatic rings. The first kappa shape index (κ1) is 9.89. The fraction of sp³-hybridized carbons (Fsp3) is 0.375. The first-order valence-electron chi connectivity index (χ1n) is 6.31. The maximum absolute atomic E-state index is 2.34. The van der Waals surface area contributed by atoms with Gasteiger partial charge in [-0.3, -0.25) is 0 Å². The van der Waals surface area contributed by atoms with Crippen LogP contribution in [0.5, 0.6) is 0 Å². The fourth-order valence-corrected chi connectivity index (χ4v) is 3.10. The van der Waals surface area contributed by atoms with Crippen LogP contribution in [-0.4, -0.2) is 0 Å². The number of fused-ring (bicyclic) bond motifs is 3. The first-order chi connectivity index (χ1) is 7.79. The average molecular weight is 210 g/mol. The van der Waals surface area contributed by atoms with Crippen LogP contribution in [0.2, 0.25) is 0 Å². The molecule has 82 valence electrons. The van der Waals surface area contributed by atoms with E-state index in [0.717, 1.165) is 5.92 Å². The zero-order valence-electron chi connectivity index (χ0n) is 10.1. The molecule has 0 amide bonds. The highest BCUT2D eigenvalue weighted by Gasteiger charge is 2.22. The average Bonchev–Trinajstić information content (AvgIpc) is 2.71. The molecule has 0 bridgehead atoms. The van der Waals surface area contributed by atoms with Gasteiger partial charge in [0.25, 0.3) is 0 Å². The summed E-state index contributed by atoms with van der Waals surface area (Å²) in [6, 6.07) is 11.5. The predicted molar refractivity (Wildman–Crippen MR) is 70.0 cm³/mol. The highest BCUT2D eigenvalue weighted by molar-refractivity contribution is 5.88. The molecule has 1 aliphatic rings. The van der Waals surface area contributed by atoms with Gasteiger partial charge in [0.2, 0.25) is 0 Å². The van der Waals surface area contributed by atoms with Gasteiger partial charge in [-0.1, -0.05) is 42.8 Å². The molecule has 0 spiro atoms. The second kappa shape index (κ2) is 3.62. The van der Waals surface area contributed by atoms with Crippen molar-refractivity contribution in [3.05, 3.63) is 47.0 Å². The summed E-state index contributed by atoms with van der Waals surface area (Å²) in [5, 5.41) is 2.91. The summed E-state index contributed by atoms with van der Waals surface area (Å²) >= 11 is 0. The Balaban J connectivity index is 2.31. The third-order valence-electron chi connectivity index (χ3n) is 3.97. The highest BCUT2D eigenvalue weighted by Crippen LogP contribution is 2.40. The van der Waals surface area contributed by atoms with Crippen molar-refractivity contribution in [2.24, 2.45) is 0 Å². The molecule has 0 aromatic heterocycles. The van der Waals surface area contributed by atoms with E-state index in [1.807, 2.05) is 0 Å². The lowest BCUT2D eigenvalue weighted by atomic mass is 9.92. The van der Waals surface area contributed by atoms with Crippen molar-refractivity contribution in [3.8, 4) is 0 Å². The standard InChI is InChI=1S/C16H18/c1-3-12-5-6-13-7-8-14-10-11(2)4-9-15(14)16(12)13/h4,7-10,12H,3,5-6H2,1-2H3. The van der Waals surface area contributed by atoms with Crippen LogP contribution in [0.1, 0.15) is 42.4 Å². The lowest BCUT2D eigenvalue weighted by Crippen LogP contribution is -1.92. The van der Waals surface area contributed by atoms with Crippen LogP contribution >= 0.6 is 0 Å². The second-order valence-electron chi connectivity index (χ2n) is 5.01. The summed E-state index contributed by atoms with van der Waals surface area (Å²) in [6.07, 6.45) is 3.90. The number of hydrogen-bond acceptors (Lipinski definition) is 0. The lowest BCUT2D eigenvalue weighted by Gasteiger charge is -2.12. The number of benzene rings is 2. The molecule has 16 heavy (non-hydrogen) atoms. The van der Waals surface area contributed by atoms with Crippen molar-refractivity contribution >= 4 is 10.8 Å². The van der Waals surface area contributed by atoms with Gasteiger partial charge in [0.05, 0.1) is 0 Å². The van der Waals surface area contributed by atoms with E-state index in [2.05, 4.69) is 44.2 Å². The zero-order chi connectivity index (χ0) is 11.1. The zero-order valence-corrected chi connectivity index (χ0v) is 10.1. The van der Waals surface area contributed by atoms with Crippen molar-refractivity contribution in [2.75, 3.05) is 0 Å². The van der Waals surface area contributed by atoms with Gasteiger partial charge in [-0.25, -0.2) is 0 Å². The summed E-state index contributed by atoms with van der Waals surface area (Å²) in [5.74, 6) is 0.793. The third kappa shape index (κ3) is 1.36. The molecule has 0 aliphatic heterocycles. The minimum Gasteiger partial charge on any atom is -0.0648 e. The first-order valence-corrected chi connectivity index (χ1v) is 6.31. The largest absolute Gasteiger partial charge is 0.0648 e. The minimum absolute atomic E-state index is 0.793. The summed E-state index contributed by atoms with van der Waals surface area (Å²) in [7, 11) is 0. The molecular formula is C16H18. The second-order valence-corrected chi connectivity index (χ2v) is 5.01. The van der Waals surface area contributed by atoms with Crippen LogP contribution in [0, 0.1) is 6.92 Å². The predicted octanol–water partition coefficient (Wildman–Crippen LogP) is 4.59. The smallest absolute Gasteiger partial charge is 0.0146 e. The lowest BCUT2D eigenvalue weighted by molar-refractivity contribution is 0.659. The van der Waals surface area contributed by atoms with E-state index >= 15 is 0 Å². The van der Waals surface area contributed by atoms with E-state index in [1.165, 1.54) is 35.6 Å². The van der Waals surface area contributed by atoms with Gasteiger partial charge in [0.1, 0.15) is 0 Å².